The molecule has 0 aliphatic carbocycles. The minimum atomic E-state index is -0.300. The first kappa shape index (κ1) is 13.7. The minimum absolute atomic E-state index is 0.0813. The van der Waals surface area contributed by atoms with Crippen molar-refractivity contribution in [2.24, 2.45) is 0 Å². The zero-order valence-electron chi connectivity index (χ0n) is 11.0. The van der Waals surface area contributed by atoms with Gasteiger partial charge in [0, 0.05) is 12.7 Å². The second-order valence-corrected chi connectivity index (χ2v) is 4.76. The highest BCUT2D eigenvalue weighted by Gasteiger charge is 2.15. The number of rotatable bonds is 3. The Bertz CT molecular complexity index is 479. The standard InChI is InChI=1S/C15H18FNO2/c1-11(12-4-2-5-13(16)9-12)8-15(18)17-14-6-3-7-19-10-14/h2,4-5,8-9,14H,3,6-7,10H2,1H3,(H,17,18)/b11-8+/t14-/m1/s1. The van der Waals surface area contributed by atoms with Gasteiger partial charge in [-0.05, 0) is 43.0 Å². The van der Waals surface area contributed by atoms with E-state index in [9.17, 15) is 9.18 Å². The van der Waals surface area contributed by atoms with Crippen LogP contribution >= 0.6 is 0 Å². The van der Waals surface area contributed by atoms with Crippen LogP contribution in [-0.4, -0.2) is 25.2 Å². The lowest BCUT2D eigenvalue weighted by Crippen LogP contribution is -2.39. The topological polar surface area (TPSA) is 38.3 Å². The quantitative estimate of drug-likeness (QED) is 0.851. The van der Waals surface area contributed by atoms with Gasteiger partial charge < -0.3 is 10.1 Å². The van der Waals surface area contributed by atoms with Crippen molar-refractivity contribution >= 4 is 11.5 Å². The molecule has 0 unspecified atom stereocenters. The van der Waals surface area contributed by atoms with Crippen molar-refractivity contribution in [2.75, 3.05) is 13.2 Å². The summed E-state index contributed by atoms with van der Waals surface area (Å²) in [5.41, 5.74) is 1.46. The van der Waals surface area contributed by atoms with Crippen LogP contribution in [0.4, 0.5) is 4.39 Å². The third-order valence-electron chi connectivity index (χ3n) is 3.13. The number of carbonyl (C=O) groups excluding carboxylic acids is 1. The van der Waals surface area contributed by atoms with Gasteiger partial charge in [-0.2, -0.15) is 0 Å². The molecule has 1 amide bonds. The Balaban J connectivity index is 1.97. The van der Waals surface area contributed by atoms with E-state index in [0.29, 0.717) is 6.61 Å². The highest BCUT2D eigenvalue weighted by atomic mass is 19.1. The first-order valence-electron chi connectivity index (χ1n) is 6.47. The highest BCUT2D eigenvalue weighted by Crippen LogP contribution is 2.14. The van der Waals surface area contributed by atoms with E-state index in [4.69, 9.17) is 4.74 Å². The van der Waals surface area contributed by atoms with Gasteiger partial charge in [0.2, 0.25) is 5.91 Å². The molecule has 0 radical (unpaired) electrons. The molecule has 0 spiro atoms. The van der Waals surface area contributed by atoms with E-state index in [1.54, 1.807) is 19.1 Å². The molecule has 0 saturated carbocycles. The molecule has 1 aromatic carbocycles. The maximum Gasteiger partial charge on any atom is 0.244 e. The van der Waals surface area contributed by atoms with Gasteiger partial charge in [-0.15, -0.1) is 0 Å². The molecule has 1 atom stereocenters. The maximum absolute atomic E-state index is 13.1. The van der Waals surface area contributed by atoms with E-state index >= 15 is 0 Å². The van der Waals surface area contributed by atoms with Gasteiger partial charge in [0.25, 0.3) is 0 Å². The van der Waals surface area contributed by atoms with E-state index in [2.05, 4.69) is 5.32 Å². The number of benzene rings is 1. The lowest BCUT2D eigenvalue weighted by Gasteiger charge is -2.22. The summed E-state index contributed by atoms with van der Waals surface area (Å²) in [4.78, 5) is 11.8. The summed E-state index contributed by atoms with van der Waals surface area (Å²) < 4.78 is 18.4. The Morgan fingerprint density at radius 1 is 1.53 bits per heavy atom. The Morgan fingerprint density at radius 3 is 3.05 bits per heavy atom. The number of carbonyl (C=O) groups is 1. The number of hydrogen-bond acceptors (Lipinski definition) is 2. The van der Waals surface area contributed by atoms with Crippen molar-refractivity contribution in [3.63, 3.8) is 0 Å². The van der Waals surface area contributed by atoms with Crippen LogP contribution in [0.25, 0.3) is 5.57 Å². The molecule has 19 heavy (non-hydrogen) atoms. The fourth-order valence-corrected chi connectivity index (χ4v) is 2.11. The van der Waals surface area contributed by atoms with Crippen molar-refractivity contribution in [1.82, 2.24) is 5.32 Å². The zero-order chi connectivity index (χ0) is 13.7. The lowest BCUT2D eigenvalue weighted by molar-refractivity contribution is -0.118. The largest absolute Gasteiger partial charge is 0.379 e. The van der Waals surface area contributed by atoms with Crippen LogP contribution in [0.1, 0.15) is 25.3 Å². The fraction of sp³-hybridized carbons (Fsp3) is 0.400. The molecule has 1 fully saturated rings. The van der Waals surface area contributed by atoms with Crippen molar-refractivity contribution in [3.05, 3.63) is 41.7 Å². The molecule has 1 aliphatic heterocycles. The van der Waals surface area contributed by atoms with Gasteiger partial charge in [0.1, 0.15) is 5.82 Å². The fourth-order valence-electron chi connectivity index (χ4n) is 2.11. The van der Waals surface area contributed by atoms with Gasteiger partial charge in [-0.3, -0.25) is 4.79 Å². The van der Waals surface area contributed by atoms with E-state index in [0.717, 1.165) is 30.6 Å². The van der Waals surface area contributed by atoms with Gasteiger partial charge in [0.15, 0.2) is 0 Å². The second kappa shape index (κ2) is 6.48. The predicted molar refractivity (Wildman–Crippen MR) is 72.0 cm³/mol. The summed E-state index contributed by atoms with van der Waals surface area (Å²) in [5.74, 6) is -0.455. The van der Waals surface area contributed by atoms with Crippen LogP contribution in [0.3, 0.4) is 0 Å². The van der Waals surface area contributed by atoms with E-state index in [1.165, 1.54) is 18.2 Å². The van der Waals surface area contributed by atoms with Gasteiger partial charge in [-0.25, -0.2) is 4.39 Å². The summed E-state index contributed by atoms with van der Waals surface area (Å²) in [5, 5.41) is 2.90. The summed E-state index contributed by atoms with van der Waals surface area (Å²) in [6.45, 7) is 3.13. The van der Waals surface area contributed by atoms with Gasteiger partial charge in [0.05, 0.1) is 12.6 Å². The smallest absolute Gasteiger partial charge is 0.244 e. The SMILES string of the molecule is C/C(=C\C(=O)N[C@@H]1CCCOC1)c1cccc(F)c1. The molecule has 1 N–H and O–H groups in total. The third kappa shape index (κ3) is 4.17. The minimum Gasteiger partial charge on any atom is -0.379 e. The van der Waals surface area contributed by atoms with Crippen molar-refractivity contribution in [2.45, 2.75) is 25.8 Å². The summed E-state index contributed by atoms with van der Waals surface area (Å²) in [7, 11) is 0. The molecule has 2 rings (SSSR count). The Kier molecular flexibility index (Phi) is 4.68. The van der Waals surface area contributed by atoms with Crippen molar-refractivity contribution in [1.29, 1.82) is 0 Å². The summed E-state index contributed by atoms with van der Waals surface area (Å²) in [6, 6.07) is 6.30. The van der Waals surface area contributed by atoms with Gasteiger partial charge >= 0.3 is 0 Å². The third-order valence-corrected chi connectivity index (χ3v) is 3.13. The molecule has 0 aromatic heterocycles. The maximum atomic E-state index is 13.1. The highest BCUT2D eigenvalue weighted by molar-refractivity contribution is 5.95. The number of amides is 1. The molecule has 1 saturated heterocycles. The summed E-state index contributed by atoms with van der Waals surface area (Å²) in [6.07, 6.45) is 3.42. The average Bonchev–Trinajstić information content (AvgIpc) is 2.39. The normalized spacial score (nSPS) is 20.1. The number of nitrogens with one attached hydrogen (secondary N) is 1. The molecule has 1 heterocycles. The molecule has 102 valence electrons. The van der Waals surface area contributed by atoms with Crippen LogP contribution in [0.15, 0.2) is 30.3 Å². The average molecular weight is 263 g/mol. The van der Waals surface area contributed by atoms with Crippen LogP contribution in [0, 0.1) is 5.82 Å². The Hall–Kier alpha value is -1.68. The molecular weight excluding hydrogens is 245 g/mol. The first-order chi connectivity index (χ1) is 9.15. The molecule has 3 nitrogen and oxygen atoms in total. The van der Waals surface area contributed by atoms with Crippen molar-refractivity contribution < 1.29 is 13.9 Å². The Morgan fingerprint density at radius 2 is 2.37 bits per heavy atom. The van der Waals surface area contributed by atoms with Crippen LogP contribution < -0.4 is 5.32 Å². The molecule has 1 aliphatic rings. The van der Waals surface area contributed by atoms with E-state index in [1.807, 2.05) is 0 Å². The molecule has 1 aromatic rings. The number of hydrogen-bond donors (Lipinski definition) is 1. The number of ether oxygens (including phenoxy) is 1. The van der Waals surface area contributed by atoms with E-state index in [-0.39, 0.29) is 17.8 Å². The van der Waals surface area contributed by atoms with Crippen LogP contribution in [0.2, 0.25) is 0 Å². The molecule has 4 heteroatoms. The zero-order valence-corrected chi connectivity index (χ0v) is 11.0. The van der Waals surface area contributed by atoms with Crippen LogP contribution in [-0.2, 0) is 9.53 Å². The Labute approximate surface area is 112 Å². The van der Waals surface area contributed by atoms with Gasteiger partial charge in [-0.1, -0.05) is 12.1 Å². The molecular formula is C15H18FNO2. The summed E-state index contributed by atoms with van der Waals surface area (Å²) >= 11 is 0. The first-order valence-corrected chi connectivity index (χ1v) is 6.47. The number of allylic oxidation sites excluding steroid dienone is 1. The second-order valence-electron chi connectivity index (χ2n) is 4.76. The predicted octanol–water partition coefficient (Wildman–Crippen LogP) is 2.52. The van der Waals surface area contributed by atoms with Crippen LogP contribution in [0.5, 0.6) is 0 Å². The lowest BCUT2D eigenvalue weighted by atomic mass is 10.1. The molecule has 0 bridgehead atoms. The number of halogens is 1. The monoisotopic (exact) mass is 263 g/mol. The van der Waals surface area contributed by atoms with Crippen molar-refractivity contribution in [3.8, 4) is 0 Å². The van der Waals surface area contributed by atoms with E-state index < -0.39 is 0 Å².